The Labute approximate surface area is 82.1 Å². The summed E-state index contributed by atoms with van der Waals surface area (Å²) in [5, 5.41) is 0. The molecule has 12 heavy (non-hydrogen) atoms. The van der Waals surface area contributed by atoms with Gasteiger partial charge in [-0.3, -0.25) is 0 Å². The van der Waals surface area contributed by atoms with Crippen molar-refractivity contribution in [2.45, 2.75) is 19.8 Å². The van der Waals surface area contributed by atoms with Gasteiger partial charge in [0, 0.05) is 10.4 Å². The summed E-state index contributed by atoms with van der Waals surface area (Å²) in [5.41, 5.74) is 2.48. The third kappa shape index (κ3) is 1.89. The number of rotatable bonds is 1. The minimum Gasteiger partial charge on any atom is -0.119 e. The van der Waals surface area contributed by atoms with E-state index in [-0.39, 0.29) is 5.92 Å². The number of hydrogen-bond acceptors (Lipinski definition) is 0. The van der Waals surface area contributed by atoms with Crippen LogP contribution in [0.3, 0.4) is 0 Å². The molecule has 0 aliphatic carbocycles. The predicted octanol–water partition coefficient (Wildman–Crippen LogP) is 3.49. The van der Waals surface area contributed by atoms with E-state index >= 15 is 0 Å². The first-order chi connectivity index (χ1) is 5.65. The SMILES string of the molecule is C#CC(C)c1ccc(Br)cc1C. The van der Waals surface area contributed by atoms with Crippen LogP contribution in [0.5, 0.6) is 0 Å². The highest BCUT2D eigenvalue weighted by Gasteiger charge is 2.04. The molecular formula is C11H11Br. The largest absolute Gasteiger partial charge is 0.119 e. The smallest absolute Gasteiger partial charge is 0.0424 e. The zero-order valence-corrected chi connectivity index (χ0v) is 8.85. The van der Waals surface area contributed by atoms with Crippen LogP contribution < -0.4 is 0 Å². The van der Waals surface area contributed by atoms with Crippen LogP contribution in [0.2, 0.25) is 0 Å². The van der Waals surface area contributed by atoms with Crippen LogP contribution in [0, 0.1) is 19.3 Å². The van der Waals surface area contributed by atoms with Crippen molar-refractivity contribution in [2.24, 2.45) is 0 Å². The molecule has 0 radical (unpaired) electrons. The first-order valence-electron chi connectivity index (χ1n) is 3.87. The lowest BCUT2D eigenvalue weighted by molar-refractivity contribution is 0.987. The Bertz CT molecular complexity index is 320. The molecule has 0 saturated heterocycles. The van der Waals surface area contributed by atoms with E-state index in [1.807, 2.05) is 13.0 Å². The van der Waals surface area contributed by atoms with Crippen molar-refractivity contribution in [1.29, 1.82) is 0 Å². The van der Waals surface area contributed by atoms with Crippen molar-refractivity contribution in [2.75, 3.05) is 0 Å². The van der Waals surface area contributed by atoms with Gasteiger partial charge in [0.05, 0.1) is 0 Å². The van der Waals surface area contributed by atoms with Crippen LogP contribution in [0.4, 0.5) is 0 Å². The monoisotopic (exact) mass is 222 g/mol. The molecular weight excluding hydrogens is 212 g/mol. The maximum atomic E-state index is 5.35. The number of benzene rings is 1. The topological polar surface area (TPSA) is 0 Å². The minimum absolute atomic E-state index is 0.207. The van der Waals surface area contributed by atoms with E-state index in [1.165, 1.54) is 11.1 Å². The van der Waals surface area contributed by atoms with Gasteiger partial charge in [-0.25, -0.2) is 0 Å². The first-order valence-corrected chi connectivity index (χ1v) is 4.66. The van der Waals surface area contributed by atoms with Gasteiger partial charge in [-0.1, -0.05) is 27.9 Å². The van der Waals surface area contributed by atoms with Crippen molar-refractivity contribution >= 4 is 15.9 Å². The third-order valence-electron chi connectivity index (χ3n) is 1.95. The lowest BCUT2D eigenvalue weighted by atomic mass is 9.97. The summed E-state index contributed by atoms with van der Waals surface area (Å²) in [6.45, 7) is 4.12. The molecule has 0 heterocycles. The third-order valence-corrected chi connectivity index (χ3v) is 2.44. The molecule has 0 aromatic heterocycles. The number of terminal acetylenes is 1. The van der Waals surface area contributed by atoms with Crippen molar-refractivity contribution in [3.05, 3.63) is 33.8 Å². The molecule has 0 aliphatic heterocycles. The fourth-order valence-corrected chi connectivity index (χ4v) is 1.69. The Morgan fingerprint density at radius 2 is 2.17 bits per heavy atom. The highest BCUT2D eigenvalue weighted by atomic mass is 79.9. The Morgan fingerprint density at radius 3 is 2.67 bits per heavy atom. The molecule has 1 heteroatoms. The van der Waals surface area contributed by atoms with Crippen LogP contribution in [0.1, 0.15) is 24.0 Å². The second kappa shape index (κ2) is 3.78. The zero-order valence-electron chi connectivity index (χ0n) is 7.26. The van der Waals surface area contributed by atoms with Gasteiger partial charge in [0.15, 0.2) is 0 Å². The lowest BCUT2D eigenvalue weighted by Gasteiger charge is -2.08. The molecule has 0 spiro atoms. The van der Waals surface area contributed by atoms with Gasteiger partial charge >= 0.3 is 0 Å². The summed E-state index contributed by atoms with van der Waals surface area (Å²) in [5.74, 6) is 2.93. The summed E-state index contributed by atoms with van der Waals surface area (Å²) < 4.78 is 1.10. The van der Waals surface area contributed by atoms with E-state index in [1.54, 1.807) is 0 Å². The quantitative estimate of drug-likeness (QED) is 0.639. The Balaban J connectivity index is 3.11. The molecule has 1 unspecified atom stereocenters. The van der Waals surface area contributed by atoms with E-state index < -0.39 is 0 Å². The zero-order chi connectivity index (χ0) is 9.14. The summed E-state index contributed by atoms with van der Waals surface area (Å²) in [6.07, 6.45) is 5.35. The summed E-state index contributed by atoms with van der Waals surface area (Å²) in [7, 11) is 0. The van der Waals surface area contributed by atoms with Gasteiger partial charge in [0.2, 0.25) is 0 Å². The van der Waals surface area contributed by atoms with Crippen molar-refractivity contribution in [3.63, 3.8) is 0 Å². The highest BCUT2D eigenvalue weighted by molar-refractivity contribution is 9.10. The molecule has 1 atom stereocenters. The maximum absolute atomic E-state index is 5.35. The van der Waals surface area contributed by atoms with Crippen molar-refractivity contribution in [3.8, 4) is 12.3 Å². The molecule has 0 N–H and O–H groups in total. The van der Waals surface area contributed by atoms with Gasteiger partial charge in [0.25, 0.3) is 0 Å². The lowest BCUT2D eigenvalue weighted by Crippen LogP contribution is -1.92. The van der Waals surface area contributed by atoms with Gasteiger partial charge in [-0.15, -0.1) is 6.42 Å². The Hall–Kier alpha value is -0.740. The maximum Gasteiger partial charge on any atom is 0.0424 e. The molecule has 1 aromatic carbocycles. The van der Waals surface area contributed by atoms with Crippen LogP contribution in [-0.4, -0.2) is 0 Å². The summed E-state index contributed by atoms with van der Waals surface area (Å²) >= 11 is 3.42. The van der Waals surface area contributed by atoms with E-state index in [9.17, 15) is 0 Å². The van der Waals surface area contributed by atoms with Crippen LogP contribution in [-0.2, 0) is 0 Å². The molecule has 1 rings (SSSR count). The fraction of sp³-hybridized carbons (Fsp3) is 0.273. The molecule has 0 bridgehead atoms. The Morgan fingerprint density at radius 1 is 1.50 bits per heavy atom. The minimum atomic E-state index is 0.207. The molecule has 62 valence electrons. The molecule has 0 nitrogen and oxygen atoms in total. The van der Waals surface area contributed by atoms with Gasteiger partial charge in [-0.2, -0.15) is 0 Å². The average molecular weight is 223 g/mol. The summed E-state index contributed by atoms with van der Waals surface area (Å²) in [4.78, 5) is 0. The predicted molar refractivity (Wildman–Crippen MR) is 56.1 cm³/mol. The number of aryl methyl sites for hydroxylation is 1. The highest BCUT2D eigenvalue weighted by Crippen LogP contribution is 2.22. The van der Waals surface area contributed by atoms with Crippen LogP contribution in [0.15, 0.2) is 22.7 Å². The standard InChI is InChI=1S/C11H11Br/c1-4-8(2)11-6-5-10(12)7-9(11)3/h1,5-8H,2-3H3. The molecule has 0 saturated carbocycles. The number of halogens is 1. The van der Waals surface area contributed by atoms with Gasteiger partial charge in [0.1, 0.15) is 0 Å². The van der Waals surface area contributed by atoms with E-state index in [0.29, 0.717) is 0 Å². The number of hydrogen-bond donors (Lipinski definition) is 0. The van der Waals surface area contributed by atoms with E-state index in [4.69, 9.17) is 6.42 Å². The molecule has 0 fully saturated rings. The van der Waals surface area contributed by atoms with Crippen molar-refractivity contribution < 1.29 is 0 Å². The van der Waals surface area contributed by atoms with Crippen LogP contribution >= 0.6 is 15.9 Å². The van der Waals surface area contributed by atoms with Crippen LogP contribution in [0.25, 0.3) is 0 Å². The van der Waals surface area contributed by atoms with Gasteiger partial charge < -0.3 is 0 Å². The second-order valence-electron chi connectivity index (χ2n) is 2.89. The second-order valence-corrected chi connectivity index (χ2v) is 3.80. The average Bonchev–Trinajstić information content (AvgIpc) is 2.03. The molecule has 1 aromatic rings. The first kappa shape index (κ1) is 9.35. The van der Waals surface area contributed by atoms with E-state index in [0.717, 1.165) is 4.47 Å². The Kier molecular flexibility index (Phi) is 2.94. The normalized spacial score (nSPS) is 12.2. The van der Waals surface area contributed by atoms with Crippen molar-refractivity contribution in [1.82, 2.24) is 0 Å². The molecule has 0 aliphatic rings. The van der Waals surface area contributed by atoms with E-state index in [2.05, 4.69) is 40.9 Å². The summed E-state index contributed by atoms with van der Waals surface area (Å²) in [6, 6.07) is 6.18. The fourth-order valence-electron chi connectivity index (χ4n) is 1.21. The molecule has 0 amide bonds. The van der Waals surface area contributed by atoms with Gasteiger partial charge in [-0.05, 0) is 37.1 Å².